The van der Waals surface area contributed by atoms with Gasteiger partial charge in [0.15, 0.2) is 0 Å². The minimum Gasteiger partial charge on any atom is -0.308 e. The summed E-state index contributed by atoms with van der Waals surface area (Å²) in [5, 5.41) is 0. The van der Waals surface area contributed by atoms with Gasteiger partial charge in [-0.1, -0.05) is 41.6 Å². The first-order chi connectivity index (χ1) is 13.6. The highest BCUT2D eigenvalue weighted by Crippen LogP contribution is 2.41. The molecule has 0 N–H and O–H groups in total. The summed E-state index contributed by atoms with van der Waals surface area (Å²) in [5.74, 6) is 0.0446. The van der Waals surface area contributed by atoms with Crippen LogP contribution in [0.5, 0.6) is 0 Å². The number of para-hydroxylation sites is 1. The van der Waals surface area contributed by atoms with E-state index in [0.717, 1.165) is 34.9 Å². The van der Waals surface area contributed by atoms with E-state index in [9.17, 15) is 4.79 Å². The Labute approximate surface area is 169 Å². The van der Waals surface area contributed by atoms with E-state index in [0.29, 0.717) is 5.56 Å². The first kappa shape index (κ1) is 17.3. The molecule has 0 saturated carbocycles. The minimum atomic E-state index is 0.0446. The summed E-state index contributed by atoms with van der Waals surface area (Å²) >= 11 is 1.72. The number of hydrogen-bond donors (Lipinski definition) is 0. The molecule has 28 heavy (non-hydrogen) atoms. The van der Waals surface area contributed by atoms with Gasteiger partial charge in [-0.3, -0.25) is 9.79 Å². The summed E-state index contributed by atoms with van der Waals surface area (Å²) in [7, 11) is 0. The molecule has 0 radical (unpaired) electrons. The first-order valence-corrected chi connectivity index (χ1v) is 10.3. The third-order valence-electron chi connectivity index (χ3n) is 5.37. The first-order valence-electron chi connectivity index (χ1n) is 9.48. The summed E-state index contributed by atoms with van der Waals surface area (Å²) in [6, 6.07) is 20.5. The normalized spacial score (nSPS) is 14.6. The topological polar surface area (TPSA) is 32.7 Å². The Morgan fingerprint density at radius 2 is 1.82 bits per heavy atom. The zero-order chi connectivity index (χ0) is 19.3. The van der Waals surface area contributed by atoms with Gasteiger partial charge in [0.2, 0.25) is 0 Å². The molecule has 2 heterocycles. The largest absolute Gasteiger partial charge is 0.308 e. The molecule has 0 saturated heterocycles. The Kier molecular flexibility index (Phi) is 4.09. The van der Waals surface area contributed by atoms with Gasteiger partial charge in [-0.25, -0.2) is 0 Å². The van der Waals surface area contributed by atoms with Crippen LogP contribution in [0.15, 0.2) is 75.4 Å². The molecule has 0 unspecified atom stereocenters. The van der Waals surface area contributed by atoms with Gasteiger partial charge in [0.25, 0.3) is 5.91 Å². The molecule has 4 heteroatoms. The number of aliphatic imine (C=N–C) groups is 1. The molecule has 3 aromatic rings. The maximum atomic E-state index is 13.2. The van der Waals surface area contributed by atoms with Crippen LogP contribution in [0, 0.1) is 6.92 Å². The number of nitrogens with zero attached hydrogens (tertiary/aromatic N) is 2. The number of aryl methyl sites for hydroxylation is 1. The smallest absolute Gasteiger partial charge is 0.258 e. The molecule has 138 valence electrons. The van der Waals surface area contributed by atoms with Crippen molar-refractivity contribution in [2.75, 3.05) is 11.4 Å². The van der Waals surface area contributed by atoms with E-state index in [1.54, 1.807) is 11.8 Å². The predicted molar refractivity (Wildman–Crippen MR) is 115 cm³/mol. The van der Waals surface area contributed by atoms with Crippen molar-refractivity contribution in [3.8, 4) is 0 Å². The molecule has 0 spiro atoms. The standard InChI is InChI=1S/C24H20N2OS/c1-15-7-9-22-19(13-15)16(2)25-20-14-18(8-10-23(20)28-22)24(27)26-12-11-17-5-3-4-6-21(17)26/h3-10,13-14H,11-12H2,1-2H3. The van der Waals surface area contributed by atoms with Crippen LogP contribution in [0.2, 0.25) is 0 Å². The van der Waals surface area contributed by atoms with Crippen LogP contribution < -0.4 is 4.90 Å². The van der Waals surface area contributed by atoms with Gasteiger partial charge in [-0.2, -0.15) is 0 Å². The second-order valence-electron chi connectivity index (χ2n) is 7.32. The number of fused-ring (bicyclic) bond motifs is 3. The summed E-state index contributed by atoms with van der Waals surface area (Å²) in [6.07, 6.45) is 0.911. The van der Waals surface area contributed by atoms with Crippen LogP contribution in [0.3, 0.4) is 0 Å². The highest BCUT2D eigenvalue weighted by Gasteiger charge is 2.26. The fraction of sp³-hybridized carbons (Fsp3) is 0.167. The van der Waals surface area contributed by atoms with Crippen LogP contribution in [0.4, 0.5) is 11.4 Å². The summed E-state index contributed by atoms with van der Waals surface area (Å²) in [5.41, 5.74) is 7.21. The van der Waals surface area contributed by atoms with E-state index in [1.807, 2.05) is 48.2 Å². The van der Waals surface area contributed by atoms with Crippen LogP contribution in [-0.4, -0.2) is 18.2 Å². The lowest BCUT2D eigenvalue weighted by molar-refractivity contribution is 0.0989. The Balaban J connectivity index is 1.53. The number of carbonyl (C=O) groups excluding carboxylic acids is 1. The van der Waals surface area contributed by atoms with Gasteiger partial charge >= 0.3 is 0 Å². The van der Waals surface area contributed by atoms with E-state index in [4.69, 9.17) is 4.99 Å². The van der Waals surface area contributed by atoms with Gasteiger partial charge < -0.3 is 4.90 Å². The molecule has 0 aromatic heterocycles. The van der Waals surface area contributed by atoms with Crippen molar-refractivity contribution in [1.82, 2.24) is 0 Å². The second-order valence-corrected chi connectivity index (χ2v) is 8.40. The Hall–Kier alpha value is -2.85. The van der Waals surface area contributed by atoms with Crippen molar-refractivity contribution in [3.05, 3.63) is 82.9 Å². The average Bonchev–Trinajstić information content (AvgIpc) is 3.08. The molecule has 3 aromatic carbocycles. The Morgan fingerprint density at radius 3 is 2.71 bits per heavy atom. The van der Waals surface area contributed by atoms with Gasteiger partial charge in [0.1, 0.15) is 0 Å². The number of carbonyl (C=O) groups is 1. The molecule has 3 nitrogen and oxygen atoms in total. The van der Waals surface area contributed by atoms with E-state index >= 15 is 0 Å². The fourth-order valence-electron chi connectivity index (χ4n) is 3.90. The van der Waals surface area contributed by atoms with Crippen molar-refractivity contribution in [2.24, 2.45) is 4.99 Å². The number of benzene rings is 3. The Morgan fingerprint density at radius 1 is 1.00 bits per heavy atom. The molecule has 2 aliphatic rings. The summed E-state index contributed by atoms with van der Waals surface area (Å²) in [4.78, 5) is 22.2. The van der Waals surface area contributed by atoms with Crippen molar-refractivity contribution < 1.29 is 4.79 Å². The summed E-state index contributed by atoms with van der Waals surface area (Å²) in [6.45, 7) is 4.87. The van der Waals surface area contributed by atoms with E-state index in [2.05, 4.69) is 31.2 Å². The molecule has 5 rings (SSSR count). The SMILES string of the molecule is CC1=Nc2cc(C(=O)N3CCc4ccccc43)ccc2Sc2ccc(C)cc21. The van der Waals surface area contributed by atoms with Crippen LogP contribution in [-0.2, 0) is 6.42 Å². The number of anilines is 1. The minimum absolute atomic E-state index is 0.0446. The molecule has 0 bridgehead atoms. The predicted octanol–water partition coefficient (Wildman–Crippen LogP) is 5.80. The van der Waals surface area contributed by atoms with Crippen molar-refractivity contribution >= 4 is 34.8 Å². The number of rotatable bonds is 1. The van der Waals surface area contributed by atoms with Gasteiger partial charge in [0.05, 0.1) is 5.69 Å². The number of hydrogen-bond acceptors (Lipinski definition) is 3. The maximum absolute atomic E-state index is 13.2. The molecule has 0 aliphatic carbocycles. The lowest BCUT2D eigenvalue weighted by Gasteiger charge is -2.18. The Bertz CT molecular complexity index is 1150. The second kappa shape index (κ2) is 6.64. The van der Waals surface area contributed by atoms with Crippen molar-refractivity contribution in [3.63, 3.8) is 0 Å². The highest BCUT2D eigenvalue weighted by atomic mass is 32.2. The molecule has 0 atom stereocenters. The highest BCUT2D eigenvalue weighted by molar-refractivity contribution is 7.99. The molecule has 2 aliphatic heterocycles. The summed E-state index contributed by atoms with van der Waals surface area (Å²) < 4.78 is 0. The van der Waals surface area contributed by atoms with Crippen molar-refractivity contribution in [1.29, 1.82) is 0 Å². The van der Waals surface area contributed by atoms with Crippen molar-refractivity contribution in [2.45, 2.75) is 30.1 Å². The molecule has 1 amide bonds. The molecular formula is C24H20N2OS. The van der Waals surface area contributed by atoms with Crippen LogP contribution >= 0.6 is 11.8 Å². The lowest BCUT2D eigenvalue weighted by atomic mass is 10.1. The maximum Gasteiger partial charge on any atom is 0.258 e. The zero-order valence-electron chi connectivity index (χ0n) is 15.9. The third kappa shape index (κ3) is 2.85. The van der Waals surface area contributed by atoms with E-state index in [1.165, 1.54) is 21.6 Å². The number of amides is 1. The monoisotopic (exact) mass is 384 g/mol. The van der Waals surface area contributed by atoms with Crippen LogP contribution in [0.1, 0.15) is 34.0 Å². The molecule has 0 fully saturated rings. The quantitative estimate of drug-likeness (QED) is 0.531. The van der Waals surface area contributed by atoms with E-state index < -0.39 is 0 Å². The van der Waals surface area contributed by atoms with Gasteiger partial charge in [0, 0.05) is 38.9 Å². The van der Waals surface area contributed by atoms with Crippen LogP contribution in [0.25, 0.3) is 0 Å². The zero-order valence-corrected chi connectivity index (χ0v) is 16.7. The molecular weight excluding hydrogens is 364 g/mol. The average molecular weight is 385 g/mol. The van der Waals surface area contributed by atoms with Gasteiger partial charge in [-0.05, 0) is 62.2 Å². The third-order valence-corrected chi connectivity index (χ3v) is 6.51. The fourth-order valence-corrected chi connectivity index (χ4v) is 4.94. The van der Waals surface area contributed by atoms with Gasteiger partial charge in [-0.15, -0.1) is 0 Å². The lowest BCUT2D eigenvalue weighted by Crippen LogP contribution is -2.28. The van der Waals surface area contributed by atoms with E-state index in [-0.39, 0.29) is 5.91 Å².